The third-order valence-electron chi connectivity index (χ3n) is 4.86. The first kappa shape index (κ1) is 19.8. The van der Waals surface area contributed by atoms with Gasteiger partial charge in [0.05, 0.1) is 10.2 Å². The molecule has 0 aliphatic carbocycles. The Balaban J connectivity index is 1.46. The van der Waals surface area contributed by atoms with Crippen LogP contribution in [0.25, 0.3) is 20.8 Å². The first-order chi connectivity index (χ1) is 14.4. The van der Waals surface area contributed by atoms with Crippen LogP contribution in [0.4, 0.5) is 11.4 Å². The molecule has 5 nitrogen and oxygen atoms in total. The summed E-state index contributed by atoms with van der Waals surface area (Å²) < 4.78 is 1.14. The number of hydrogen-bond donors (Lipinski definition) is 2. The van der Waals surface area contributed by atoms with E-state index in [-0.39, 0.29) is 0 Å². The summed E-state index contributed by atoms with van der Waals surface area (Å²) in [5, 5.41) is 6.26. The van der Waals surface area contributed by atoms with Gasteiger partial charge in [-0.15, -0.1) is 11.3 Å². The van der Waals surface area contributed by atoms with Crippen LogP contribution >= 0.6 is 11.3 Å². The summed E-state index contributed by atoms with van der Waals surface area (Å²) in [5.41, 5.74) is 6.18. The van der Waals surface area contributed by atoms with Crippen LogP contribution < -0.4 is 10.6 Å². The Kier molecular flexibility index (Phi) is 5.33. The Labute approximate surface area is 178 Å². The van der Waals surface area contributed by atoms with Crippen molar-refractivity contribution in [1.82, 2.24) is 4.98 Å². The zero-order valence-electron chi connectivity index (χ0n) is 16.9. The highest BCUT2D eigenvalue weighted by Crippen LogP contribution is 2.31. The lowest BCUT2D eigenvalue weighted by molar-refractivity contribution is -0.133. The van der Waals surface area contributed by atoms with Gasteiger partial charge in [-0.3, -0.25) is 9.59 Å². The van der Waals surface area contributed by atoms with Crippen LogP contribution in [0.5, 0.6) is 0 Å². The lowest BCUT2D eigenvalue weighted by atomic mass is 10.1. The van der Waals surface area contributed by atoms with Crippen LogP contribution in [-0.4, -0.2) is 16.8 Å². The van der Waals surface area contributed by atoms with E-state index in [1.807, 2.05) is 56.3 Å². The molecule has 2 N–H and O–H groups in total. The normalized spacial score (nSPS) is 10.8. The number of para-hydroxylation sites is 1. The summed E-state index contributed by atoms with van der Waals surface area (Å²) in [5.74, 6) is -1.40. The van der Waals surface area contributed by atoms with E-state index in [1.165, 1.54) is 5.56 Å². The molecule has 0 saturated carbocycles. The molecule has 3 aromatic carbocycles. The molecule has 150 valence electrons. The number of nitrogens with zero attached hydrogens (tertiary/aromatic N) is 1. The van der Waals surface area contributed by atoms with Crippen molar-refractivity contribution < 1.29 is 9.59 Å². The van der Waals surface area contributed by atoms with Crippen molar-refractivity contribution >= 4 is 44.7 Å². The molecule has 4 aromatic rings. The lowest BCUT2D eigenvalue weighted by Gasteiger charge is -2.11. The van der Waals surface area contributed by atoms with Gasteiger partial charge in [-0.05, 0) is 73.9 Å². The third kappa shape index (κ3) is 4.09. The zero-order valence-corrected chi connectivity index (χ0v) is 17.8. The third-order valence-corrected chi connectivity index (χ3v) is 5.93. The van der Waals surface area contributed by atoms with E-state index < -0.39 is 11.8 Å². The molecule has 30 heavy (non-hydrogen) atoms. The largest absolute Gasteiger partial charge is 0.318 e. The van der Waals surface area contributed by atoms with Crippen molar-refractivity contribution in [2.75, 3.05) is 10.6 Å². The molecular formula is C24H21N3O2S. The van der Waals surface area contributed by atoms with Gasteiger partial charge in [-0.25, -0.2) is 4.98 Å². The van der Waals surface area contributed by atoms with E-state index in [4.69, 9.17) is 0 Å². The van der Waals surface area contributed by atoms with Gasteiger partial charge in [0, 0.05) is 16.9 Å². The van der Waals surface area contributed by atoms with Gasteiger partial charge in [0.1, 0.15) is 5.01 Å². The highest BCUT2D eigenvalue weighted by molar-refractivity contribution is 7.21. The van der Waals surface area contributed by atoms with E-state index in [1.54, 1.807) is 23.5 Å². The maximum atomic E-state index is 12.3. The minimum absolute atomic E-state index is 0.553. The van der Waals surface area contributed by atoms with Gasteiger partial charge in [-0.1, -0.05) is 24.3 Å². The fraction of sp³-hybridized carbons (Fsp3) is 0.125. The maximum Gasteiger partial charge on any atom is 0.314 e. The second-order valence-corrected chi connectivity index (χ2v) is 8.27. The second kappa shape index (κ2) is 8.08. The van der Waals surface area contributed by atoms with Gasteiger partial charge < -0.3 is 10.6 Å². The highest BCUT2D eigenvalue weighted by Gasteiger charge is 2.16. The Bertz CT molecular complexity index is 1240. The summed E-state index contributed by atoms with van der Waals surface area (Å²) in [6.07, 6.45) is 0. The fourth-order valence-corrected chi connectivity index (χ4v) is 4.29. The molecule has 0 fully saturated rings. The minimum Gasteiger partial charge on any atom is -0.318 e. The Hall–Kier alpha value is -3.51. The number of benzene rings is 3. The van der Waals surface area contributed by atoms with E-state index >= 15 is 0 Å². The standard InChI is InChI=1S/C24H21N3O2S/c1-14-7-12-19-20(13-14)30-24(26-19)17-8-10-18(11-9-17)25-22(28)23(29)27-21-15(2)5-4-6-16(21)3/h4-13H,1-3H3,(H,25,28)(H,27,29). The summed E-state index contributed by atoms with van der Waals surface area (Å²) >= 11 is 1.63. The predicted molar refractivity (Wildman–Crippen MR) is 123 cm³/mol. The van der Waals surface area contributed by atoms with Gasteiger partial charge in [-0.2, -0.15) is 0 Å². The zero-order chi connectivity index (χ0) is 21.3. The average molecular weight is 416 g/mol. The highest BCUT2D eigenvalue weighted by atomic mass is 32.1. The van der Waals surface area contributed by atoms with Crippen LogP contribution in [0, 0.1) is 20.8 Å². The number of nitrogens with one attached hydrogen (secondary N) is 2. The maximum absolute atomic E-state index is 12.3. The second-order valence-electron chi connectivity index (χ2n) is 7.24. The number of aromatic nitrogens is 1. The smallest absolute Gasteiger partial charge is 0.314 e. The number of anilines is 2. The molecule has 0 aliphatic heterocycles. The van der Waals surface area contributed by atoms with Crippen LogP contribution in [0.3, 0.4) is 0 Å². The number of aryl methyl sites for hydroxylation is 3. The average Bonchev–Trinajstić information content (AvgIpc) is 3.14. The molecule has 0 radical (unpaired) electrons. The van der Waals surface area contributed by atoms with Gasteiger partial charge >= 0.3 is 11.8 Å². The summed E-state index contributed by atoms with van der Waals surface area (Å²) in [6, 6.07) is 19.2. The van der Waals surface area contributed by atoms with Crippen LogP contribution in [0.2, 0.25) is 0 Å². The number of carbonyl (C=O) groups excluding carboxylic acids is 2. The first-order valence-corrected chi connectivity index (χ1v) is 10.4. The molecule has 0 atom stereocenters. The van der Waals surface area contributed by atoms with Crippen LogP contribution in [0.1, 0.15) is 16.7 Å². The molecule has 1 heterocycles. The Morgan fingerprint density at radius 1 is 0.833 bits per heavy atom. The van der Waals surface area contributed by atoms with Crippen molar-refractivity contribution in [3.05, 3.63) is 77.4 Å². The van der Waals surface area contributed by atoms with E-state index in [2.05, 4.69) is 28.6 Å². The summed E-state index contributed by atoms with van der Waals surface area (Å²) in [4.78, 5) is 29.3. The number of fused-ring (bicyclic) bond motifs is 1. The Morgan fingerprint density at radius 2 is 1.50 bits per heavy atom. The molecule has 0 spiro atoms. The van der Waals surface area contributed by atoms with Crippen molar-refractivity contribution in [2.24, 2.45) is 0 Å². The van der Waals surface area contributed by atoms with Crippen molar-refractivity contribution in [3.8, 4) is 10.6 Å². The molecule has 4 rings (SSSR count). The molecular weight excluding hydrogens is 394 g/mol. The van der Waals surface area contributed by atoms with Crippen molar-refractivity contribution in [3.63, 3.8) is 0 Å². The molecule has 2 amide bonds. The molecule has 0 unspecified atom stereocenters. The molecule has 1 aromatic heterocycles. The molecule has 6 heteroatoms. The number of carbonyl (C=O) groups is 2. The number of rotatable bonds is 3. The van der Waals surface area contributed by atoms with Crippen LogP contribution in [-0.2, 0) is 9.59 Å². The first-order valence-electron chi connectivity index (χ1n) is 9.57. The van der Waals surface area contributed by atoms with Crippen molar-refractivity contribution in [1.29, 1.82) is 0 Å². The van der Waals surface area contributed by atoms with Gasteiger partial charge in [0.15, 0.2) is 0 Å². The molecule has 0 aliphatic rings. The quantitative estimate of drug-likeness (QED) is 0.436. The number of hydrogen-bond acceptors (Lipinski definition) is 4. The molecule has 0 saturated heterocycles. The monoisotopic (exact) mass is 415 g/mol. The van der Waals surface area contributed by atoms with E-state index in [0.29, 0.717) is 11.4 Å². The lowest BCUT2D eigenvalue weighted by Crippen LogP contribution is -2.29. The number of amides is 2. The van der Waals surface area contributed by atoms with Crippen molar-refractivity contribution in [2.45, 2.75) is 20.8 Å². The summed E-state index contributed by atoms with van der Waals surface area (Å²) in [7, 11) is 0. The SMILES string of the molecule is Cc1ccc2nc(-c3ccc(NC(=O)C(=O)Nc4c(C)cccc4C)cc3)sc2c1. The predicted octanol–water partition coefficient (Wildman–Crippen LogP) is 5.47. The van der Waals surface area contributed by atoms with E-state index in [0.717, 1.165) is 31.9 Å². The number of thiazole rings is 1. The summed E-state index contributed by atoms with van der Waals surface area (Å²) in [6.45, 7) is 5.85. The molecule has 0 bridgehead atoms. The van der Waals surface area contributed by atoms with Gasteiger partial charge in [0.2, 0.25) is 0 Å². The topological polar surface area (TPSA) is 71.1 Å². The van der Waals surface area contributed by atoms with E-state index in [9.17, 15) is 9.59 Å². The van der Waals surface area contributed by atoms with Crippen LogP contribution in [0.15, 0.2) is 60.7 Å². The minimum atomic E-state index is -0.708. The Morgan fingerprint density at radius 3 is 2.20 bits per heavy atom. The van der Waals surface area contributed by atoms with Gasteiger partial charge in [0.25, 0.3) is 0 Å². The fourth-order valence-electron chi connectivity index (χ4n) is 3.22.